The van der Waals surface area contributed by atoms with E-state index in [1.165, 1.54) is 44.8 Å². The monoisotopic (exact) mass is 936 g/mol. The van der Waals surface area contributed by atoms with Crippen molar-refractivity contribution in [3.05, 3.63) is 147 Å². The third kappa shape index (κ3) is 8.69. The second-order valence-electron chi connectivity index (χ2n) is 8.76. The maximum atomic E-state index is 5.04. The van der Waals surface area contributed by atoms with E-state index in [0.29, 0.717) is 0 Å². The summed E-state index contributed by atoms with van der Waals surface area (Å²) in [5, 5.41) is 4.02. The number of fused-ring (bicyclic) bond motifs is 2. The van der Waals surface area contributed by atoms with Crippen LogP contribution in [0.15, 0.2) is 124 Å². The molecule has 0 N–H and O–H groups in total. The standard InChI is InChI=1S/C29H19Br2N2P.S11/c30-27-18-8-16-25(32-27)29(26-17-9-19-28(31)33-26)21-12-4-6-14-23(21)34(20-10-2-1-3-11-20)24-15-7-5-13-22(24)29;1-3-5-7-9-11-10-8-6-4-2/h1-19H;. The van der Waals surface area contributed by atoms with E-state index in [0.717, 1.165) is 20.6 Å². The lowest BCUT2D eigenvalue weighted by Gasteiger charge is -2.43. The number of hydrogen-bond acceptors (Lipinski definition) is 4. The molecule has 230 valence electrons. The zero-order valence-electron chi connectivity index (χ0n) is 22.6. The molecule has 45 heavy (non-hydrogen) atoms. The molecule has 0 atom stereocenters. The fourth-order valence-corrected chi connectivity index (χ4v) is 27.7. The van der Waals surface area contributed by atoms with Crippen LogP contribution in [-0.4, -0.2) is 9.97 Å². The van der Waals surface area contributed by atoms with Gasteiger partial charge in [-0.25, -0.2) is 9.97 Å². The van der Waals surface area contributed by atoms with Crippen LogP contribution in [0.5, 0.6) is 0 Å². The first kappa shape index (κ1) is 36.1. The first-order chi connectivity index (χ1) is 22.1. The van der Waals surface area contributed by atoms with Crippen molar-refractivity contribution >= 4 is 158 Å². The Morgan fingerprint density at radius 3 is 1.36 bits per heavy atom. The highest BCUT2D eigenvalue weighted by Gasteiger charge is 2.48. The highest BCUT2D eigenvalue weighted by atomic mass is 79.9. The largest absolute Gasteiger partial charge is 0.244 e. The van der Waals surface area contributed by atoms with Crippen molar-refractivity contribution in [3.8, 4) is 0 Å². The van der Waals surface area contributed by atoms with Crippen LogP contribution < -0.4 is 15.9 Å². The summed E-state index contributed by atoms with van der Waals surface area (Å²) in [5.41, 5.74) is 3.74. The molecule has 0 saturated carbocycles. The minimum atomic E-state index is -0.732. The molecule has 1 aliphatic rings. The molecule has 5 aromatic rings. The first-order valence-corrected chi connectivity index (χ1v) is 28.9. The number of benzene rings is 3. The maximum Gasteiger partial charge on any atom is 0.106 e. The number of nitrogens with zero attached hydrogens (tertiary/aromatic N) is 2. The summed E-state index contributed by atoms with van der Waals surface area (Å²) >= 11 is 16.6. The number of pyridine rings is 2. The van der Waals surface area contributed by atoms with Gasteiger partial charge in [0.15, 0.2) is 0 Å². The van der Waals surface area contributed by atoms with Gasteiger partial charge in [-0.3, -0.25) is 0 Å². The molecule has 2 aromatic heterocycles. The van der Waals surface area contributed by atoms with Crippen molar-refractivity contribution < 1.29 is 0 Å². The topological polar surface area (TPSA) is 25.8 Å². The van der Waals surface area contributed by atoms with Crippen LogP contribution in [-0.2, 0) is 108 Å². The molecule has 2 nitrogen and oxygen atoms in total. The van der Waals surface area contributed by atoms with Crippen molar-refractivity contribution in [1.29, 1.82) is 0 Å². The summed E-state index contributed by atoms with van der Waals surface area (Å²) in [6, 6.07) is 40.8. The normalized spacial score (nSPS) is 12.5. The van der Waals surface area contributed by atoms with Crippen molar-refractivity contribution in [3.63, 3.8) is 0 Å². The molecule has 0 spiro atoms. The van der Waals surface area contributed by atoms with Gasteiger partial charge in [-0.1, -0.05) is 91.0 Å². The Morgan fingerprint density at radius 2 is 0.911 bits per heavy atom. The van der Waals surface area contributed by atoms with Crippen LogP contribution in [0, 0.1) is 0 Å². The van der Waals surface area contributed by atoms with Crippen molar-refractivity contribution in [2.45, 2.75) is 5.41 Å². The van der Waals surface area contributed by atoms with E-state index >= 15 is 0 Å². The van der Waals surface area contributed by atoms with E-state index in [4.69, 9.17) is 9.97 Å². The van der Waals surface area contributed by atoms with Gasteiger partial charge in [0.2, 0.25) is 0 Å². The van der Waals surface area contributed by atoms with Gasteiger partial charge in [-0.15, -0.1) is 0 Å². The number of hydrogen-bond donors (Lipinski definition) is 0. The van der Waals surface area contributed by atoms with E-state index in [1.807, 2.05) is 12.1 Å². The Balaban J connectivity index is 0.000000314. The van der Waals surface area contributed by atoms with E-state index in [2.05, 4.69) is 157 Å². The minimum absolute atomic E-state index is 0.644. The van der Waals surface area contributed by atoms with Crippen LogP contribution in [0.3, 0.4) is 0 Å². The number of aromatic nitrogens is 2. The Kier molecular flexibility index (Phi) is 14.8. The molecule has 3 heterocycles. The van der Waals surface area contributed by atoms with E-state index in [1.54, 1.807) is 62.2 Å². The molecule has 0 fully saturated rings. The lowest BCUT2D eigenvalue weighted by atomic mass is 9.68. The Bertz CT molecular complexity index is 2120. The lowest BCUT2D eigenvalue weighted by molar-refractivity contribution is 0.689. The van der Waals surface area contributed by atoms with E-state index < -0.39 is 13.3 Å². The molecule has 0 radical (unpaired) electrons. The third-order valence-electron chi connectivity index (χ3n) is 6.53. The summed E-state index contributed by atoms with van der Waals surface area (Å²) in [5.74, 6) is 0. The molecular formula is C29H19Br2N2PS11. The summed E-state index contributed by atoms with van der Waals surface area (Å²) in [7, 11) is 13.8. The van der Waals surface area contributed by atoms with Gasteiger partial charge < -0.3 is 0 Å². The Labute approximate surface area is 316 Å². The second kappa shape index (κ2) is 18.5. The van der Waals surface area contributed by atoms with Gasteiger partial charge in [-0.2, -0.15) is 0 Å². The van der Waals surface area contributed by atoms with Gasteiger partial charge in [-0.05, 0) is 91.1 Å². The van der Waals surface area contributed by atoms with E-state index in [-0.39, 0.29) is 0 Å². The molecule has 0 amide bonds. The predicted molar refractivity (Wildman–Crippen MR) is 229 cm³/mol. The summed E-state index contributed by atoms with van der Waals surface area (Å²) in [6.07, 6.45) is 0. The zero-order valence-corrected chi connectivity index (χ0v) is 35.6. The van der Waals surface area contributed by atoms with Crippen LogP contribution in [0.25, 0.3) is 0 Å². The summed E-state index contributed by atoms with van der Waals surface area (Å²) in [4.78, 5) is 10.1. The summed E-state index contributed by atoms with van der Waals surface area (Å²) in [6.45, 7) is 0. The van der Waals surface area contributed by atoms with Crippen LogP contribution in [0.1, 0.15) is 22.5 Å². The molecule has 0 aliphatic carbocycles. The fraction of sp³-hybridized carbons (Fsp3) is 0.0345. The van der Waals surface area contributed by atoms with Crippen LogP contribution in [0.2, 0.25) is 0 Å². The number of halogens is 2. The Morgan fingerprint density at radius 1 is 0.489 bits per heavy atom. The van der Waals surface area contributed by atoms with Gasteiger partial charge in [0.1, 0.15) is 14.6 Å². The van der Waals surface area contributed by atoms with Gasteiger partial charge in [0, 0.05) is 102 Å². The van der Waals surface area contributed by atoms with E-state index in [9.17, 15) is 0 Å². The average Bonchev–Trinajstić information content (AvgIpc) is 3.07. The van der Waals surface area contributed by atoms with Crippen molar-refractivity contribution in [1.82, 2.24) is 9.97 Å². The predicted octanol–water partition coefficient (Wildman–Crippen LogP) is 6.43. The zero-order chi connectivity index (χ0) is 31.5. The summed E-state index contributed by atoms with van der Waals surface area (Å²) < 4.78 is 1.62. The molecule has 0 bridgehead atoms. The smallest absolute Gasteiger partial charge is 0.106 e. The highest BCUT2D eigenvalue weighted by Crippen LogP contribution is 2.52. The maximum absolute atomic E-state index is 5.04. The second-order valence-corrected chi connectivity index (χ2v) is 28.5. The van der Waals surface area contributed by atoms with Crippen LogP contribution >= 0.6 is 39.8 Å². The van der Waals surface area contributed by atoms with Crippen LogP contribution in [0.4, 0.5) is 0 Å². The molecule has 1 aliphatic heterocycles. The Hall–Kier alpha value is -0.230. The van der Waals surface area contributed by atoms with Crippen molar-refractivity contribution in [2.24, 2.45) is 0 Å². The average molecular weight is 939 g/mol. The molecular weight excluding hydrogens is 920 g/mol. The number of rotatable bonds is 3. The third-order valence-corrected chi connectivity index (χ3v) is 27.8. The molecule has 6 rings (SSSR count). The molecule has 0 saturated heterocycles. The minimum Gasteiger partial charge on any atom is -0.244 e. The molecule has 3 aromatic carbocycles. The molecule has 0 unspecified atom stereocenters. The van der Waals surface area contributed by atoms with Gasteiger partial charge >= 0.3 is 0 Å². The van der Waals surface area contributed by atoms with Crippen molar-refractivity contribution in [2.75, 3.05) is 0 Å². The van der Waals surface area contributed by atoms with Gasteiger partial charge in [0.05, 0.1) is 11.4 Å². The molecule has 16 heteroatoms. The first-order valence-electron chi connectivity index (χ1n) is 12.7. The fourth-order valence-electron chi connectivity index (χ4n) is 5.10. The van der Waals surface area contributed by atoms with Gasteiger partial charge in [0.25, 0.3) is 0 Å². The highest BCUT2D eigenvalue weighted by molar-refractivity contribution is 9.10. The quantitative estimate of drug-likeness (QED) is 0.151. The SMILES string of the molecule is Brc1cccc(C2(c3cccc(Br)n3)c3ccccc3P(c3ccccc3)c3ccccc32)n1.S=S=S=S=S=S=S=S=S=S=S. The lowest BCUT2D eigenvalue weighted by Crippen LogP contribution is -2.46.